The highest BCUT2D eigenvalue weighted by molar-refractivity contribution is 8.18. The molecule has 5 rings (SSSR count). The molecule has 0 radical (unpaired) electrons. The maximum atomic E-state index is 13.4. The quantitative estimate of drug-likeness (QED) is 0.199. The number of aliphatic imine (C=N–C) groups is 1. The summed E-state index contributed by atoms with van der Waals surface area (Å²) in [7, 11) is -3.93. The molecule has 0 aliphatic carbocycles. The molecule has 6 nitrogen and oxygen atoms in total. The summed E-state index contributed by atoms with van der Waals surface area (Å²) < 4.78 is 30.2. The lowest BCUT2D eigenvalue weighted by atomic mass is 10.2. The van der Waals surface area contributed by atoms with Gasteiger partial charge in [-0.25, -0.2) is 0 Å². The number of rotatable bonds is 8. The standard InChI is InChI=1S/C30H24N2O4S2/c33-29-28(20-23-16-18-26(19-17-23)36-38(34,35)27-14-8-3-9-15-27)37-30(31-21-24-10-4-1-5-11-24)32(29)22-25-12-6-2-7-13-25/h1-20H,21-22H2/b28-20+,31-30?. The first-order valence-electron chi connectivity index (χ1n) is 11.9. The Balaban J connectivity index is 1.36. The molecule has 1 amide bonds. The van der Waals surface area contributed by atoms with Gasteiger partial charge in [-0.15, -0.1) is 0 Å². The molecule has 1 fully saturated rings. The van der Waals surface area contributed by atoms with Crippen molar-refractivity contribution in [2.24, 2.45) is 4.99 Å². The zero-order chi connectivity index (χ0) is 26.4. The van der Waals surface area contributed by atoms with Crippen LogP contribution >= 0.6 is 11.8 Å². The van der Waals surface area contributed by atoms with E-state index in [4.69, 9.17) is 9.18 Å². The van der Waals surface area contributed by atoms with Crippen molar-refractivity contribution in [2.75, 3.05) is 0 Å². The average molecular weight is 541 g/mol. The van der Waals surface area contributed by atoms with Gasteiger partial charge in [0.05, 0.1) is 18.0 Å². The van der Waals surface area contributed by atoms with Crippen LogP contribution in [0.2, 0.25) is 0 Å². The maximum absolute atomic E-state index is 13.4. The summed E-state index contributed by atoms with van der Waals surface area (Å²) in [6.07, 6.45) is 1.78. The van der Waals surface area contributed by atoms with Gasteiger partial charge in [0.2, 0.25) is 0 Å². The number of amides is 1. The van der Waals surface area contributed by atoms with E-state index in [2.05, 4.69) is 0 Å². The Kier molecular flexibility index (Phi) is 7.72. The fourth-order valence-electron chi connectivity index (χ4n) is 3.81. The van der Waals surface area contributed by atoms with E-state index in [0.717, 1.165) is 16.7 Å². The van der Waals surface area contributed by atoms with Crippen LogP contribution in [0.4, 0.5) is 0 Å². The van der Waals surface area contributed by atoms with Crippen LogP contribution in [0.15, 0.2) is 130 Å². The van der Waals surface area contributed by atoms with Crippen molar-refractivity contribution in [3.63, 3.8) is 0 Å². The first-order chi connectivity index (χ1) is 18.5. The molecule has 0 unspecified atom stereocenters. The summed E-state index contributed by atoms with van der Waals surface area (Å²) in [5, 5.41) is 0.642. The summed E-state index contributed by atoms with van der Waals surface area (Å²) in [5.74, 6) is 0.0647. The number of benzene rings is 4. The van der Waals surface area contributed by atoms with Crippen molar-refractivity contribution in [3.8, 4) is 5.75 Å². The van der Waals surface area contributed by atoms with E-state index >= 15 is 0 Å². The molecule has 1 aliphatic heterocycles. The Morgan fingerprint density at radius 2 is 1.34 bits per heavy atom. The summed E-state index contributed by atoms with van der Waals surface area (Å²) in [6.45, 7) is 0.888. The fourth-order valence-corrected chi connectivity index (χ4v) is 5.73. The highest BCUT2D eigenvalue weighted by atomic mass is 32.2. The first kappa shape index (κ1) is 25.5. The summed E-state index contributed by atoms with van der Waals surface area (Å²) in [4.78, 5) is 20.5. The van der Waals surface area contributed by atoms with Crippen molar-refractivity contribution in [1.29, 1.82) is 0 Å². The minimum Gasteiger partial charge on any atom is -0.379 e. The molecule has 38 heavy (non-hydrogen) atoms. The van der Waals surface area contributed by atoms with Gasteiger partial charge in [-0.05, 0) is 58.8 Å². The minimum absolute atomic E-state index is 0.0833. The molecule has 4 aromatic carbocycles. The van der Waals surface area contributed by atoms with Crippen molar-refractivity contribution in [1.82, 2.24) is 4.90 Å². The number of hydrogen-bond acceptors (Lipinski definition) is 6. The van der Waals surface area contributed by atoms with Gasteiger partial charge in [-0.2, -0.15) is 8.42 Å². The van der Waals surface area contributed by atoms with Crippen LogP contribution in [0.25, 0.3) is 6.08 Å². The van der Waals surface area contributed by atoms with Gasteiger partial charge in [0.15, 0.2) is 5.17 Å². The van der Waals surface area contributed by atoms with Crippen LogP contribution in [-0.4, -0.2) is 24.4 Å². The van der Waals surface area contributed by atoms with Crippen molar-refractivity contribution < 1.29 is 17.4 Å². The Morgan fingerprint density at radius 3 is 1.97 bits per heavy atom. The van der Waals surface area contributed by atoms with E-state index in [1.807, 2.05) is 60.7 Å². The van der Waals surface area contributed by atoms with E-state index in [1.54, 1.807) is 53.4 Å². The van der Waals surface area contributed by atoms with Gasteiger partial charge in [-0.1, -0.05) is 91.0 Å². The van der Waals surface area contributed by atoms with Crippen LogP contribution in [-0.2, 0) is 28.0 Å². The van der Waals surface area contributed by atoms with Crippen LogP contribution in [0.3, 0.4) is 0 Å². The van der Waals surface area contributed by atoms with Gasteiger partial charge >= 0.3 is 10.1 Å². The number of amidine groups is 1. The van der Waals surface area contributed by atoms with Gasteiger partial charge in [0, 0.05) is 0 Å². The molecule has 8 heteroatoms. The van der Waals surface area contributed by atoms with E-state index in [0.29, 0.717) is 23.2 Å². The second-order valence-electron chi connectivity index (χ2n) is 8.49. The monoisotopic (exact) mass is 540 g/mol. The molecular weight excluding hydrogens is 516 g/mol. The van der Waals surface area contributed by atoms with E-state index in [1.165, 1.54) is 23.9 Å². The van der Waals surface area contributed by atoms with E-state index in [-0.39, 0.29) is 16.6 Å². The Bertz CT molecular complexity index is 1570. The Morgan fingerprint density at radius 1 is 0.763 bits per heavy atom. The zero-order valence-electron chi connectivity index (χ0n) is 20.3. The van der Waals surface area contributed by atoms with Gasteiger partial charge in [0.1, 0.15) is 10.6 Å². The van der Waals surface area contributed by atoms with Gasteiger partial charge < -0.3 is 4.18 Å². The third kappa shape index (κ3) is 6.22. The van der Waals surface area contributed by atoms with Gasteiger partial charge in [-0.3, -0.25) is 14.7 Å². The first-order valence-corrected chi connectivity index (χ1v) is 14.1. The molecule has 1 aliphatic rings. The molecule has 0 spiro atoms. The normalized spacial score (nSPS) is 15.8. The average Bonchev–Trinajstić information content (AvgIpc) is 3.23. The molecule has 0 N–H and O–H groups in total. The molecular formula is C30H24N2O4S2. The smallest absolute Gasteiger partial charge is 0.339 e. The fraction of sp³-hybridized carbons (Fsp3) is 0.0667. The molecule has 4 aromatic rings. The highest BCUT2D eigenvalue weighted by Crippen LogP contribution is 2.34. The van der Waals surface area contributed by atoms with Crippen molar-refractivity contribution >= 4 is 39.0 Å². The summed E-state index contributed by atoms with van der Waals surface area (Å²) >= 11 is 1.33. The Hall–Kier alpha value is -4.14. The molecule has 0 saturated carbocycles. The predicted octanol–water partition coefficient (Wildman–Crippen LogP) is 6.13. The third-order valence-electron chi connectivity index (χ3n) is 5.73. The third-order valence-corrected chi connectivity index (χ3v) is 8.03. The van der Waals surface area contributed by atoms with Crippen LogP contribution in [0, 0.1) is 0 Å². The second kappa shape index (κ2) is 11.5. The molecule has 0 atom stereocenters. The van der Waals surface area contributed by atoms with Gasteiger partial charge in [0.25, 0.3) is 5.91 Å². The van der Waals surface area contributed by atoms with E-state index in [9.17, 15) is 13.2 Å². The van der Waals surface area contributed by atoms with Crippen LogP contribution < -0.4 is 4.18 Å². The van der Waals surface area contributed by atoms with Crippen molar-refractivity contribution in [3.05, 3.63) is 137 Å². The van der Waals surface area contributed by atoms with E-state index < -0.39 is 10.1 Å². The number of thioether (sulfide) groups is 1. The Labute approximate surface area is 226 Å². The number of carbonyl (C=O) groups excluding carboxylic acids is 1. The minimum atomic E-state index is -3.93. The molecule has 0 aromatic heterocycles. The number of hydrogen-bond donors (Lipinski definition) is 0. The molecule has 1 heterocycles. The number of carbonyl (C=O) groups is 1. The largest absolute Gasteiger partial charge is 0.379 e. The predicted molar refractivity (Wildman–Crippen MR) is 151 cm³/mol. The molecule has 0 bridgehead atoms. The summed E-state index contributed by atoms with van der Waals surface area (Å²) in [5.41, 5.74) is 2.82. The lowest BCUT2D eigenvalue weighted by Gasteiger charge is -2.15. The van der Waals surface area contributed by atoms with Crippen molar-refractivity contribution in [2.45, 2.75) is 18.0 Å². The van der Waals surface area contributed by atoms with Crippen LogP contribution in [0.5, 0.6) is 5.75 Å². The summed E-state index contributed by atoms with van der Waals surface area (Å²) in [6, 6.07) is 34.3. The maximum Gasteiger partial charge on any atom is 0.339 e. The second-order valence-corrected chi connectivity index (χ2v) is 11.0. The van der Waals surface area contributed by atoms with Crippen LogP contribution in [0.1, 0.15) is 16.7 Å². The SMILES string of the molecule is O=C1/C(=C\c2ccc(OS(=O)(=O)c3ccccc3)cc2)SC(=NCc2ccccc2)N1Cc1ccccc1. The molecule has 190 valence electrons. The topological polar surface area (TPSA) is 76.0 Å². The lowest BCUT2D eigenvalue weighted by molar-refractivity contribution is -0.122. The molecule has 1 saturated heterocycles. The number of nitrogens with zero attached hydrogens (tertiary/aromatic N) is 2. The lowest BCUT2D eigenvalue weighted by Crippen LogP contribution is -2.28. The zero-order valence-corrected chi connectivity index (χ0v) is 21.9. The highest BCUT2D eigenvalue weighted by Gasteiger charge is 2.33.